The lowest BCUT2D eigenvalue weighted by molar-refractivity contribution is -0.152. The minimum Gasteiger partial charge on any atom is -0.471 e. The summed E-state index contributed by atoms with van der Waals surface area (Å²) in [6.07, 6.45) is 2.45. The first kappa shape index (κ1) is 66.0. The molecule has 476 valence electrons. The van der Waals surface area contributed by atoms with Gasteiger partial charge in [-0.1, -0.05) is 84.5 Å². The Hall–Kier alpha value is -8.00. The highest BCUT2D eigenvalue weighted by Crippen LogP contribution is 2.40. The lowest BCUT2D eigenvalue weighted by Crippen LogP contribution is -2.57. The van der Waals surface area contributed by atoms with Crippen LogP contribution in [0.1, 0.15) is 104 Å². The number of esters is 2. The number of nitrogens with zero attached hydrogens (tertiary/aromatic N) is 6. The van der Waals surface area contributed by atoms with Crippen molar-refractivity contribution in [2.75, 3.05) is 40.5 Å². The fraction of sp³-hybridized carbons (Fsp3) is 0.548. The van der Waals surface area contributed by atoms with Gasteiger partial charge in [0.05, 0.1) is 74.8 Å². The van der Waals surface area contributed by atoms with E-state index in [1.165, 1.54) is 30.1 Å². The van der Waals surface area contributed by atoms with Crippen molar-refractivity contribution in [3.63, 3.8) is 0 Å². The molecule has 4 fully saturated rings. The number of halogens is 4. The lowest BCUT2D eigenvalue weighted by Gasteiger charge is -2.35. The number of ether oxygens (including phenoxy) is 8. The van der Waals surface area contributed by atoms with Gasteiger partial charge in [-0.2, -0.15) is 17.6 Å². The molecule has 2 N–H and O–H groups in total. The molecule has 88 heavy (non-hydrogen) atoms. The first-order valence-corrected chi connectivity index (χ1v) is 29.2. The molecule has 2 aromatic carbocycles. The predicted octanol–water partition coefficient (Wildman–Crippen LogP) is 8.58. The Morgan fingerprint density at radius 1 is 0.807 bits per heavy atom. The molecule has 2 aliphatic carbocycles. The molecule has 26 heteroatoms. The van der Waals surface area contributed by atoms with Gasteiger partial charge in [0.1, 0.15) is 48.6 Å². The Balaban J connectivity index is 0.000000228. The number of carbonyl (C=O) groups is 6. The SMILES string of the molecule is C=CCO[C@@H]1CCC[C@H]1OC(=O)N[C@H](C(=O)N1C[C@H](Oc2nc3ccccc3nc2C(F)(F)C=C)C[C@H]1C(=O)OC)C(C)(C)C.COC(=O)[C@@H]1C[C@@H]2CN1C(=O)[C@H](C(C)(C)C)NC(=O)O[C@@H]1CCC[C@H]1OC/C=C/C(F)(F)c1nc3ccccc3nc1O2. The number of benzene rings is 2. The molecule has 2 aromatic heterocycles. The monoisotopic (exact) mass is 1230 g/mol. The van der Waals surface area contributed by atoms with Gasteiger partial charge in [-0.15, -0.1) is 6.58 Å². The van der Waals surface area contributed by atoms with E-state index in [0.717, 1.165) is 12.8 Å². The number of alkyl carbamates (subject to hydrolysis) is 2. The summed E-state index contributed by atoms with van der Waals surface area (Å²) in [5.74, 6) is -10.6. The van der Waals surface area contributed by atoms with E-state index < -0.39 is 136 Å². The minimum absolute atomic E-state index is 0.0489. The van der Waals surface area contributed by atoms with Crippen LogP contribution in [0.25, 0.3) is 22.1 Å². The minimum atomic E-state index is -3.60. The molecule has 5 aliphatic rings. The van der Waals surface area contributed by atoms with Crippen LogP contribution in [-0.2, 0) is 59.4 Å². The second kappa shape index (κ2) is 27.6. The number of carbonyl (C=O) groups excluding carboxylic acids is 6. The first-order valence-electron chi connectivity index (χ1n) is 29.2. The van der Waals surface area contributed by atoms with Gasteiger partial charge in [-0.3, -0.25) is 9.59 Å². The highest BCUT2D eigenvalue weighted by molar-refractivity contribution is 5.92. The number of rotatable bonds is 12. The second-order valence-electron chi connectivity index (χ2n) is 24.3. The quantitative estimate of drug-likeness (QED) is 0.0582. The van der Waals surface area contributed by atoms with Crippen LogP contribution in [0.5, 0.6) is 11.8 Å². The second-order valence-corrected chi connectivity index (χ2v) is 24.3. The number of para-hydroxylation sites is 4. The van der Waals surface area contributed by atoms with Crippen molar-refractivity contribution >= 4 is 58.0 Å². The van der Waals surface area contributed by atoms with Crippen molar-refractivity contribution in [2.24, 2.45) is 10.8 Å². The molecule has 9 rings (SSSR count). The Kier molecular flexibility index (Phi) is 20.7. The highest BCUT2D eigenvalue weighted by Gasteiger charge is 2.50. The van der Waals surface area contributed by atoms with Gasteiger partial charge in [0.2, 0.25) is 23.6 Å². The van der Waals surface area contributed by atoms with Crippen molar-refractivity contribution in [1.82, 2.24) is 40.4 Å². The molecule has 3 aliphatic heterocycles. The zero-order chi connectivity index (χ0) is 63.9. The third-order valence-corrected chi connectivity index (χ3v) is 15.8. The van der Waals surface area contributed by atoms with E-state index in [-0.39, 0.29) is 49.7 Å². The van der Waals surface area contributed by atoms with Crippen molar-refractivity contribution in [2.45, 2.75) is 166 Å². The van der Waals surface area contributed by atoms with Crippen LogP contribution in [0, 0.1) is 10.8 Å². The lowest BCUT2D eigenvalue weighted by atomic mass is 9.85. The standard InChI is InChI=1S/C32H40F2N4O7.C30H36F2N4O7/c1-7-16-43-23-14-11-15-24(23)45-30(41)37-26(31(3,4)5)28(39)38-18-19(17-22(38)29(40)42-6)44-27-25(32(33,34)8-2)35-20-12-9-10-13-21(20)36-27;1-29(2,3)24-26(37)36-16-17(15-20(36)27(38)40-4)42-25-23(33-18-9-5-6-10-19(18)34-25)30(31,32)13-8-14-41-21-11-7-12-22(21)43-28(39)35-24/h7-10,12-13,19,22-24,26H,1-2,11,14-18H2,3-6H3,(H,37,41);5-6,8-10,13,17,20-22,24H,7,11-12,14-16H2,1-4H3,(H,35,39)/b;13-8+/t19-,22+,23-,24-,26-;17-,20+,21-,22-,24-/m11/s1. The maximum Gasteiger partial charge on any atom is 0.408 e. The third-order valence-electron chi connectivity index (χ3n) is 15.8. The van der Waals surface area contributed by atoms with Crippen LogP contribution in [0.4, 0.5) is 27.2 Å². The number of hydrogen-bond donors (Lipinski definition) is 2. The van der Waals surface area contributed by atoms with Crippen LogP contribution in [-0.4, -0.2) is 167 Å². The molecular weight excluding hydrogens is 1160 g/mol. The Morgan fingerprint density at radius 3 is 2.06 bits per heavy atom. The first-order chi connectivity index (χ1) is 41.7. The van der Waals surface area contributed by atoms with Crippen LogP contribution in [0.15, 0.2) is 86.0 Å². The molecule has 2 bridgehead atoms. The van der Waals surface area contributed by atoms with Crippen molar-refractivity contribution < 1.29 is 84.2 Å². The van der Waals surface area contributed by atoms with Gasteiger partial charge >= 0.3 is 36.0 Å². The highest BCUT2D eigenvalue weighted by atomic mass is 19.3. The van der Waals surface area contributed by atoms with Gasteiger partial charge < -0.3 is 58.3 Å². The number of methoxy groups -OCH3 is 2. The van der Waals surface area contributed by atoms with E-state index in [0.29, 0.717) is 55.5 Å². The van der Waals surface area contributed by atoms with E-state index in [1.54, 1.807) is 96.1 Å². The number of alkyl halides is 4. The molecule has 22 nitrogen and oxygen atoms in total. The van der Waals surface area contributed by atoms with Crippen LogP contribution >= 0.6 is 0 Å². The van der Waals surface area contributed by atoms with Gasteiger partial charge in [0, 0.05) is 12.8 Å². The number of aromatic nitrogens is 4. The molecule has 2 saturated heterocycles. The zero-order valence-electron chi connectivity index (χ0n) is 50.5. The summed E-state index contributed by atoms with van der Waals surface area (Å²) in [7, 11) is 2.37. The number of fused-ring (bicyclic) bond motifs is 6. The summed E-state index contributed by atoms with van der Waals surface area (Å²) in [5, 5.41) is 5.38. The van der Waals surface area contributed by atoms with Crippen molar-refractivity contribution in [3.05, 3.63) is 97.4 Å². The molecule has 5 heterocycles. The van der Waals surface area contributed by atoms with Gasteiger partial charge in [0.25, 0.3) is 0 Å². The number of nitrogens with one attached hydrogen (secondary N) is 2. The molecule has 4 aromatic rings. The fourth-order valence-corrected chi connectivity index (χ4v) is 11.2. The largest absolute Gasteiger partial charge is 0.471 e. The molecule has 0 unspecified atom stereocenters. The van der Waals surface area contributed by atoms with Gasteiger partial charge in [0.15, 0.2) is 11.4 Å². The summed E-state index contributed by atoms with van der Waals surface area (Å²) in [6.45, 7) is 17.3. The molecule has 0 spiro atoms. The molecular formula is C62H76F4N8O14. The number of amides is 4. The van der Waals surface area contributed by atoms with Crippen LogP contribution in [0.3, 0.4) is 0 Å². The zero-order valence-corrected chi connectivity index (χ0v) is 50.5. The maximum absolute atomic E-state index is 15.7. The smallest absolute Gasteiger partial charge is 0.408 e. The Bertz CT molecular complexity index is 3270. The van der Waals surface area contributed by atoms with Gasteiger partial charge in [-0.25, -0.2) is 39.1 Å². The topological polar surface area (TPSA) is 258 Å². The maximum atomic E-state index is 15.7. The summed E-state index contributed by atoms with van der Waals surface area (Å²) >= 11 is 0. The molecule has 4 amide bonds. The number of hydrogen-bond acceptors (Lipinski definition) is 18. The van der Waals surface area contributed by atoms with E-state index >= 15 is 8.78 Å². The van der Waals surface area contributed by atoms with Gasteiger partial charge in [-0.05, 0) is 85.8 Å². The van der Waals surface area contributed by atoms with E-state index in [2.05, 4.69) is 43.7 Å². The number of allylic oxidation sites excluding steroid dienone is 2. The van der Waals surface area contributed by atoms with E-state index in [9.17, 15) is 37.5 Å². The van der Waals surface area contributed by atoms with Crippen molar-refractivity contribution in [1.29, 1.82) is 0 Å². The third kappa shape index (κ3) is 15.5. The average Bonchev–Trinajstić information content (AvgIpc) is 2.51. The van der Waals surface area contributed by atoms with Crippen LogP contribution in [0.2, 0.25) is 0 Å². The normalized spacial score (nSPS) is 25.6. The summed E-state index contributed by atoms with van der Waals surface area (Å²) < 4.78 is 106. The molecule has 0 radical (unpaired) electrons. The Morgan fingerprint density at radius 2 is 1.42 bits per heavy atom. The fourth-order valence-electron chi connectivity index (χ4n) is 11.2. The summed E-state index contributed by atoms with van der Waals surface area (Å²) in [5.41, 5.74) is -1.90. The molecule has 2 saturated carbocycles. The molecule has 10 atom stereocenters. The summed E-state index contributed by atoms with van der Waals surface area (Å²) in [4.78, 5) is 99.2. The number of likely N-dealkylation sites (tertiary alicyclic amines) is 1. The van der Waals surface area contributed by atoms with E-state index in [1.807, 2.05) is 0 Å². The van der Waals surface area contributed by atoms with Crippen molar-refractivity contribution in [3.8, 4) is 11.8 Å². The Labute approximate surface area is 507 Å². The average molecular weight is 1230 g/mol. The predicted molar refractivity (Wildman–Crippen MR) is 310 cm³/mol. The van der Waals surface area contributed by atoms with E-state index in [4.69, 9.17) is 37.9 Å². The summed E-state index contributed by atoms with van der Waals surface area (Å²) in [6, 6.07) is 8.63. The van der Waals surface area contributed by atoms with Crippen LogP contribution < -0.4 is 20.1 Å².